The average Bonchev–Trinajstić information content (AvgIpc) is 3.03. The predicted molar refractivity (Wildman–Crippen MR) is 108 cm³/mol. The van der Waals surface area contributed by atoms with Crippen molar-refractivity contribution in [1.29, 1.82) is 0 Å². The van der Waals surface area contributed by atoms with Gasteiger partial charge in [0, 0.05) is 19.6 Å². The maximum Gasteiger partial charge on any atom is 0.124 e. The van der Waals surface area contributed by atoms with E-state index in [-0.39, 0.29) is 0 Å². The first-order valence-electron chi connectivity index (χ1n) is 10.2. The monoisotopic (exact) mass is 361 g/mol. The van der Waals surface area contributed by atoms with E-state index in [4.69, 9.17) is 9.72 Å². The van der Waals surface area contributed by atoms with Crippen LogP contribution in [0.4, 0.5) is 0 Å². The second kappa shape index (κ2) is 7.01. The maximum absolute atomic E-state index is 6.14. The van der Waals surface area contributed by atoms with Gasteiger partial charge in [-0.2, -0.15) is 0 Å². The Balaban J connectivity index is 1.28. The highest BCUT2D eigenvalue weighted by Crippen LogP contribution is 2.29. The Hall–Kier alpha value is -2.33. The molecule has 0 atom stereocenters. The first-order valence-corrected chi connectivity index (χ1v) is 10.2. The lowest BCUT2D eigenvalue weighted by atomic mass is 10.0. The van der Waals surface area contributed by atoms with Gasteiger partial charge in [0.05, 0.1) is 17.6 Å². The van der Waals surface area contributed by atoms with Crippen LogP contribution < -0.4 is 4.74 Å². The number of hydrogen-bond acceptors (Lipinski definition) is 3. The van der Waals surface area contributed by atoms with Crippen molar-refractivity contribution >= 4 is 11.0 Å². The molecule has 27 heavy (non-hydrogen) atoms. The van der Waals surface area contributed by atoms with E-state index in [0.29, 0.717) is 6.10 Å². The fourth-order valence-corrected chi connectivity index (χ4v) is 4.62. The average molecular weight is 361 g/mol. The van der Waals surface area contributed by atoms with E-state index in [2.05, 4.69) is 28.5 Å². The van der Waals surface area contributed by atoms with Gasteiger partial charge in [-0.25, -0.2) is 4.98 Å². The number of likely N-dealkylation sites (tertiary alicyclic amines) is 1. The molecule has 0 bridgehead atoms. The molecule has 0 N–H and O–H groups in total. The zero-order valence-electron chi connectivity index (χ0n) is 16.0. The summed E-state index contributed by atoms with van der Waals surface area (Å²) in [5.41, 5.74) is 5.37. The van der Waals surface area contributed by atoms with Crippen molar-refractivity contribution in [2.75, 3.05) is 13.1 Å². The van der Waals surface area contributed by atoms with Crippen molar-refractivity contribution in [3.05, 3.63) is 59.4 Å². The Bertz CT molecular complexity index is 939. The normalized spacial score (nSPS) is 18.1. The number of imidazole rings is 1. The summed E-state index contributed by atoms with van der Waals surface area (Å²) in [5.74, 6) is 2.22. The minimum atomic E-state index is 0.329. The molecule has 140 valence electrons. The number of para-hydroxylation sites is 1. The summed E-state index contributed by atoms with van der Waals surface area (Å²) in [6.07, 6.45) is 4.91. The van der Waals surface area contributed by atoms with E-state index < -0.39 is 0 Å². The van der Waals surface area contributed by atoms with Gasteiger partial charge in [-0.05, 0) is 61.9 Å². The Kier molecular flexibility index (Phi) is 4.36. The van der Waals surface area contributed by atoms with E-state index in [9.17, 15) is 0 Å². The lowest BCUT2D eigenvalue weighted by molar-refractivity contribution is 0.0948. The summed E-state index contributed by atoms with van der Waals surface area (Å²) in [5, 5.41) is 0. The van der Waals surface area contributed by atoms with Gasteiger partial charge >= 0.3 is 0 Å². The summed E-state index contributed by atoms with van der Waals surface area (Å²) < 4.78 is 8.61. The Labute approximate surface area is 160 Å². The van der Waals surface area contributed by atoms with E-state index in [1.807, 2.05) is 30.3 Å². The number of hydrogen-bond donors (Lipinski definition) is 0. The summed E-state index contributed by atoms with van der Waals surface area (Å²) in [4.78, 5) is 7.55. The highest BCUT2D eigenvalue weighted by atomic mass is 16.5. The van der Waals surface area contributed by atoms with Gasteiger partial charge in [-0.1, -0.05) is 24.3 Å². The number of aryl methyl sites for hydroxylation is 3. The minimum Gasteiger partial charge on any atom is -0.490 e. The largest absolute Gasteiger partial charge is 0.490 e. The molecule has 0 radical (unpaired) electrons. The highest BCUT2D eigenvalue weighted by molar-refractivity contribution is 5.81. The zero-order chi connectivity index (χ0) is 18.2. The molecule has 2 aromatic carbocycles. The third kappa shape index (κ3) is 3.34. The number of nitrogens with zero attached hydrogens (tertiary/aromatic N) is 3. The Morgan fingerprint density at radius 2 is 1.89 bits per heavy atom. The lowest BCUT2D eigenvalue weighted by Crippen LogP contribution is -2.38. The van der Waals surface area contributed by atoms with Crippen LogP contribution in [0.2, 0.25) is 0 Å². The van der Waals surface area contributed by atoms with Crippen LogP contribution in [-0.2, 0) is 19.5 Å². The molecular formula is C23H27N3O. The third-order valence-electron chi connectivity index (χ3n) is 5.92. The van der Waals surface area contributed by atoms with Crippen molar-refractivity contribution in [2.45, 2.75) is 51.8 Å². The van der Waals surface area contributed by atoms with Crippen LogP contribution in [0.25, 0.3) is 11.0 Å². The van der Waals surface area contributed by atoms with Crippen LogP contribution in [0.3, 0.4) is 0 Å². The van der Waals surface area contributed by atoms with Gasteiger partial charge in [0.15, 0.2) is 0 Å². The molecule has 1 saturated heterocycles. The van der Waals surface area contributed by atoms with Crippen LogP contribution >= 0.6 is 0 Å². The quantitative estimate of drug-likeness (QED) is 0.693. The fraction of sp³-hybridized carbons (Fsp3) is 0.435. The van der Waals surface area contributed by atoms with Gasteiger partial charge in [-0.3, -0.25) is 4.90 Å². The van der Waals surface area contributed by atoms with E-state index in [1.54, 1.807) is 0 Å². The number of benzene rings is 2. The molecule has 2 aliphatic heterocycles. The maximum atomic E-state index is 6.14. The van der Waals surface area contributed by atoms with Gasteiger partial charge in [0.1, 0.15) is 17.7 Å². The first-order chi connectivity index (χ1) is 13.3. The smallest absolute Gasteiger partial charge is 0.124 e. The molecule has 1 fully saturated rings. The van der Waals surface area contributed by atoms with Gasteiger partial charge in [0.25, 0.3) is 0 Å². The molecular weight excluding hydrogens is 334 g/mol. The topological polar surface area (TPSA) is 30.3 Å². The van der Waals surface area contributed by atoms with Gasteiger partial charge in [0.2, 0.25) is 0 Å². The van der Waals surface area contributed by atoms with E-state index >= 15 is 0 Å². The Morgan fingerprint density at radius 3 is 2.70 bits per heavy atom. The van der Waals surface area contributed by atoms with Crippen LogP contribution in [0, 0.1) is 6.92 Å². The molecule has 5 rings (SSSR count). The van der Waals surface area contributed by atoms with Crippen molar-refractivity contribution in [3.63, 3.8) is 0 Å². The van der Waals surface area contributed by atoms with Crippen LogP contribution in [-0.4, -0.2) is 33.6 Å². The summed E-state index contributed by atoms with van der Waals surface area (Å²) in [6, 6.07) is 14.8. The summed E-state index contributed by atoms with van der Waals surface area (Å²) >= 11 is 0. The molecule has 3 aromatic rings. The van der Waals surface area contributed by atoms with Crippen LogP contribution in [0.1, 0.15) is 36.2 Å². The van der Waals surface area contributed by atoms with Crippen molar-refractivity contribution in [1.82, 2.24) is 14.5 Å². The van der Waals surface area contributed by atoms with E-state index in [0.717, 1.165) is 44.8 Å². The molecule has 2 aliphatic rings. The second-order valence-corrected chi connectivity index (χ2v) is 7.98. The molecule has 3 heterocycles. The van der Waals surface area contributed by atoms with Crippen LogP contribution in [0.5, 0.6) is 5.75 Å². The molecule has 4 heteroatoms. The van der Waals surface area contributed by atoms with E-state index in [1.165, 1.54) is 40.8 Å². The molecule has 4 nitrogen and oxygen atoms in total. The van der Waals surface area contributed by atoms with Gasteiger partial charge in [-0.15, -0.1) is 0 Å². The zero-order valence-corrected chi connectivity index (χ0v) is 16.0. The van der Waals surface area contributed by atoms with Crippen molar-refractivity contribution in [2.24, 2.45) is 0 Å². The minimum absolute atomic E-state index is 0.329. The second-order valence-electron chi connectivity index (χ2n) is 7.98. The Morgan fingerprint density at radius 1 is 1.07 bits per heavy atom. The summed E-state index contributed by atoms with van der Waals surface area (Å²) in [6.45, 7) is 6.39. The van der Waals surface area contributed by atoms with Gasteiger partial charge < -0.3 is 9.30 Å². The standard InChI is InChI=1S/C23H27N3O/c1-17-14-18-6-5-11-26-22(24-21(15-17)23(18)26)16-25-12-9-20(10-13-25)27-19-7-3-2-4-8-19/h2-4,7-8,14-15,20H,5-6,9-13,16H2,1H3. The number of ether oxygens (including phenoxy) is 1. The molecule has 0 amide bonds. The van der Waals surface area contributed by atoms with Crippen molar-refractivity contribution < 1.29 is 4.74 Å². The molecule has 0 unspecified atom stereocenters. The highest BCUT2D eigenvalue weighted by Gasteiger charge is 2.24. The molecule has 0 saturated carbocycles. The number of aromatic nitrogens is 2. The molecule has 1 aromatic heterocycles. The first kappa shape index (κ1) is 16.8. The number of piperidine rings is 1. The third-order valence-corrected chi connectivity index (χ3v) is 5.92. The number of rotatable bonds is 4. The SMILES string of the molecule is Cc1cc2c3c(c1)nc(CN1CCC(Oc4ccccc4)CC1)n3CCC2. The lowest BCUT2D eigenvalue weighted by Gasteiger charge is -2.32. The molecule has 0 aliphatic carbocycles. The molecule has 0 spiro atoms. The fourth-order valence-electron chi connectivity index (χ4n) is 4.62. The summed E-state index contributed by atoms with van der Waals surface area (Å²) in [7, 11) is 0. The van der Waals surface area contributed by atoms with Crippen molar-refractivity contribution in [3.8, 4) is 5.75 Å². The predicted octanol–water partition coefficient (Wildman–Crippen LogP) is 4.33. The van der Waals surface area contributed by atoms with Crippen LogP contribution in [0.15, 0.2) is 42.5 Å².